The van der Waals surface area contributed by atoms with Crippen LogP contribution in [0, 0.1) is 6.92 Å². The smallest absolute Gasteiger partial charge is 0.254 e. The first kappa shape index (κ1) is 15.8. The summed E-state index contributed by atoms with van der Waals surface area (Å²) in [7, 11) is 0. The van der Waals surface area contributed by atoms with Gasteiger partial charge in [-0.05, 0) is 30.3 Å². The number of thiophene rings is 1. The van der Waals surface area contributed by atoms with Crippen molar-refractivity contribution in [1.82, 2.24) is 9.97 Å². The largest absolute Gasteiger partial charge is 0.441 e. The lowest BCUT2D eigenvalue weighted by molar-refractivity contribution is -0.208. The van der Waals surface area contributed by atoms with E-state index >= 15 is 0 Å². The zero-order chi connectivity index (χ0) is 18.1. The molecule has 0 bridgehead atoms. The summed E-state index contributed by atoms with van der Waals surface area (Å²) in [5, 5.41) is 11.2. The van der Waals surface area contributed by atoms with Crippen molar-refractivity contribution in [1.29, 1.82) is 0 Å². The van der Waals surface area contributed by atoms with Crippen LogP contribution in [0.3, 0.4) is 0 Å². The van der Waals surface area contributed by atoms with Crippen molar-refractivity contribution in [2.45, 2.75) is 31.3 Å². The van der Waals surface area contributed by atoms with Gasteiger partial charge in [0.15, 0.2) is 11.5 Å². The van der Waals surface area contributed by atoms with Gasteiger partial charge in [0.25, 0.3) is 5.92 Å². The number of hydrogen-bond donors (Lipinski definition) is 1. The van der Waals surface area contributed by atoms with Crippen molar-refractivity contribution in [3.63, 3.8) is 0 Å². The molecule has 26 heavy (non-hydrogen) atoms. The molecule has 132 valence electrons. The topological polar surface area (TPSA) is 59.2 Å². The number of aliphatic hydroxyl groups is 1. The second-order valence-electron chi connectivity index (χ2n) is 6.86. The Balaban J connectivity index is 1.55. The van der Waals surface area contributed by atoms with Crippen LogP contribution < -0.4 is 0 Å². The normalized spacial score (nSPS) is 18.3. The predicted octanol–water partition coefficient (Wildman–Crippen LogP) is 5.03. The number of halogens is 2. The van der Waals surface area contributed by atoms with E-state index in [-0.39, 0.29) is 0 Å². The number of benzene rings is 1. The van der Waals surface area contributed by atoms with E-state index in [9.17, 15) is 13.9 Å². The van der Waals surface area contributed by atoms with Crippen LogP contribution in [0.4, 0.5) is 8.78 Å². The number of pyridine rings is 1. The standard InChI is InChI=1S/C19H14F2N2O2S/c1-10-22-14-5-2-11(6-15(14)25-10)13-4-3-12-7-16(26-17(12)23-13)18(24)8-19(20,21)9-18/h2-7,24H,8-9H2,1H3. The predicted molar refractivity (Wildman–Crippen MR) is 95.4 cm³/mol. The summed E-state index contributed by atoms with van der Waals surface area (Å²) in [6.45, 7) is 1.80. The number of aromatic nitrogens is 2. The Kier molecular flexibility index (Phi) is 3.10. The van der Waals surface area contributed by atoms with E-state index in [0.29, 0.717) is 16.4 Å². The van der Waals surface area contributed by atoms with Crippen molar-refractivity contribution in [2.24, 2.45) is 0 Å². The Morgan fingerprint density at radius 1 is 1.12 bits per heavy atom. The summed E-state index contributed by atoms with van der Waals surface area (Å²) in [6.07, 6.45) is -1.05. The van der Waals surface area contributed by atoms with Crippen molar-refractivity contribution < 1.29 is 18.3 Å². The van der Waals surface area contributed by atoms with E-state index in [4.69, 9.17) is 4.42 Å². The number of alkyl halides is 2. The fourth-order valence-corrected chi connectivity index (χ4v) is 4.60. The molecule has 1 aliphatic carbocycles. The molecule has 4 nitrogen and oxygen atoms in total. The van der Waals surface area contributed by atoms with Gasteiger partial charge in [0.2, 0.25) is 0 Å². The summed E-state index contributed by atoms with van der Waals surface area (Å²) in [5.41, 5.74) is 1.69. The van der Waals surface area contributed by atoms with Gasteiger partial charge in [-0.1, -0.05) is 6.07 Å². The zero-order valence-corrected chi connectivity index (χ0v) is 14.6. The second-order valence-corrected chi connectivity index (χ2v) is 7.89. The minimum atomic E-state index is -2.78. The van der Waals surface area contributed by atoms with Crippen molar-refractivity contribution in [3.8, 4) is 11.3 Å². The molecule has 3 heterocycles. The molecule has 3 aromatic heterocycles. The monoisotopic (exact) mass is 372 g/mol. The van der Waals surface area contributed by atoms with Crippen LogP contribution in [0.5, 0.6) is 0 Å². The second kappa shape index (κ2) is 5.08. The molecule has 0 radical (unpaired) electrons. The molecule has 0 saturated heterocycles. The quantitative estimate of drug-likeness (QED) is 0.536. The lowest BCUT2D eigenvalue weighted by atomic mass is 9.75. The van der Waals surface area contributed by atoms with Gasteiger partial charge < -0.3 is 9.52 Å². The van der Waals surface area contributed by atoms with Crippen molar-refractivity contribution >= 4 is 32.7 Å². The summed E-state index contributed by atoms with van der Waals surface area (Å²) < 4.78 is 32.0. The lowest BCUT2D eigenvalue weighted by Gasteiger charge is -2.42. The molecule has 1 saturated carbocycles. The third-order valence-electron chi connectivity index (χ3n) is 4.73. The molecule has 0 spiro atoms. The van der Waals surface area contributed by atoms with E-state index < -0.39 is 24.4 Å². The average molecular weight is 372 g/mol. The highest BCUT2D eigenvalue weighted by atomic mass is 32.1. The Morgan fingerprint density at radius 2 is 1.92 bits per heavy atom. The average Bonchev–Trinajstić information content (AvgIpc) is 3.13. The summed E-state index contributed by atoms with van der Waals surface area (Å²) in [6, 6.07) is 11.2. The van der Waals surface area contributed by atoms with Gasteiger partial charge in [-0.3, -0.25) is 0 Å². The van der Waals surface area contributed by atoms with Crippen LogP contribution in [0.25, 0.3) is 32.6 Å². The van der Waals surface area contributed by atoms with Gasteiger partial charge in [0.05, 0.1) is 5.69 Å². The highest BCUT2D eigenvalue weighted by Gasteiger charge is 2.57. The maximum atomic E-state index is 13.2. The van der Waals surface area contributed by atoms with Crippen LogP contribution in [0.2, 0.25) is 0 Å². The number of aryl methyl sites for hydroxylation is 1. The number of nitrogens with zero attached hydrogens (tertiary/aromatic N) is 2. The molecule has 1 aromatic carbocycles. The highest BCUT2D eigenvalue weighted by Crippen LogP contribution is 2.53. The number of fused-ring (bicyclic) bond motifs is 2. The van der Waals surface area contributed by atoms with Crippen LogP contribution in [0.15, 0.2) is 40.8 Å². The molecule has 1 N–H and O–H groups in total. The van der Waals surface area contributed by atoms with Crippen LogP contribution in [-0.4, -0.2) is 21.0 Å². The molecule has 7 heteroatoms. The summed E-state index contributed by atoms with van der Waals surface area (Å²) >= 11 is 1.27. The SMILES string of the molecule is Cc1nc2ccc(-c3ccc4cc(C5(O)CC(F)(F)C5)sc4n3)cc2o1. The third-order valence-corrected chi connectivity index (χ3v) is 5.97. The molecule has 4 aromatic rings. The van der Waals surface area contributed by atoms with E-state index in [1.807, 2.05) is 30.3 Å². The van der Waals surface area contributed by atoms with Crippen LogP contribution in [-0.2, 0) is 5.60 Å². The van der Waals surface area contributed by atoms with E-state index in [1.165, 1.54) is 11.3 Å². The molecule has 0 aliphatic heterocycles. The summed E-state index contributed by atoms with van der Waals surface area (Å²) in [4.78, 5) is 10.2. The molecular formula is C19H14F2N2O2S. The maximum Gasteiger partial charge on any atom is 0.254 e. The number of oxazole rings is 1. The fourth-order valence-electron chi connectivity index (χ4n) is 3.49. The van der Waals surface area contributed by atoms with E-state index in [1.54, 1.807) is 13.0 Å². The first-order chi connectivity index (χ1) is 12.3. The maximum absolute atomic E-state index is 13.2. The first-order valence-electron chi connectivity index (χ1n) is 8.20. The molecule has 5 rings (SSSR count). The van der Waals surface area contributed by atoms with E-state index in [2.05, 4.69) is 9.97 Å². The van der Waals surface area contributed by atoms with Gasteiger partial charge in [-0.15, -0.1) is 11.3 Å². The van der Waals surface area contributed by atoms with Crippen LogP contribution in [0.1, 0.15) is 23.6 Å². The van der Waals surface area contributed by atoms with Gasteiger partial charge in [-0.2, -0.15) is 0 Å². The van der Waals surface area contributed by atoms with Gasteiger partial charge in [0, 0.05) is 35.6 Å². The molecular weight excluding hydrogens is 358 g/mol. The lowest BCUT2D eigenvalue weighted by Crippen LogP contribution is -2.48. The van der Waals surface area contributed by atoms with Crippen molar-refractivity contribution in [2.75, 3.05) is 0 Å². The number of hydrogen-bond acceptors (Lipinski definition) is 5. The van der Waals surface area contributed by atoms with E-state index in [0.717, 1.165) is 27.0 Å². The number of rotatable bonds is 2. The van der Waals surface area contributed by atoms with Gasteiger partial charge >= 0.3 is 0 Å². The molecule has 0 amide bonds. The van der Waals surface area contributed by atoms with Gasteiger partial charge in [-0.25, -0.2) is 18.7 Å². The fraction of sp³-hybridized carbons (Fsp3) is 0.263. The Hall–Kier alpha value is -2.38. The minimum Gasteiger partial charge on any atom is -0.441 e. The molecule has 1 aliphatic rings. The molecule has 0 atom stereocenters. The van der Waals surface area contributed by atoms with Gasteiger partial charge in [0.1, 0.15) is 15.9 Å². The molecule has 1 fully saturated rings. The van der Waals surface area contributed by atoms with Crippen molar-refractivity contribution in [3.05, 3.63) is 47.2 Å². The summed E-state index contributed by atoms with van der Waals surface area (Å²) in [5.74, 6) is -2.18. The third kappa shape index (κ3) is 2.42. The molecule has 0 unspecified atom stereocenters. The van der Waals surface area contributed by atoms with Crippen LogP contribution >= 0.6 is 11.3 Å². The Bertz CT molecular complexity index is 1160. The minimum absolute atomic E-state index is 0.527. The first-order valence-corrected chi connectivity index (χ1v) is 9.02. The Morgan fingerprint density at radius 3 is 2.69 bits per heavy atom. The Labute approximate surface area is 151 Å². The highest BCUT2D eigenvalue weighted by molar-refractivity contribution is 7.18. The zero-order valence-electron chi connectivity index (χ0n) is 13.8.